The number of hydrogen-bond acceptors (Lipinski definition) is 7. The molecule has 0 spiro atoms. The monoisotopic (exact) mass is 411 g/mol. The van der Waals surface area contributed by atoms with E-state index in [9.17, 15) is 0 Å². The number of fused-ring (bicyclic) bond motifs is 1. The van der Waals surface area contributed by atoms with Crippen molar-refractivity contribution in [2.75, 3.05) is 58.9 Å². The predicted molar refractivity (Wildman–Crippen MR) is 117 cm³/mol. The van der Waals surface area contributed by atoms with Gasteiger partial charge in [-0.15, -0.1) is 0 Å². The summed E-state index contributed by atoms with van der Waals surface area (Å²) in [6.07, 6.45) is 0. The molecule has 160 valence electrons. The Hall–Kier alpha value is -2.84. The first kappa shape index (κ1) is 20.4. The molecule has 8 heteroatoms. The number of aromatic nitrogens is 3. The average molecular weight is 412 g/mol. The van der Waals surface area contributed by atoms with Crippen LogP contribution in [-0.4, -0.2) is 73.1 Å². The molecule has 1 saturated heterocycles. The molecular weight excluding hydrogens is 382 g/mol. The minimum Gasteiger partial charge on any atom is -0.493 e. The summed E-state index contributed by atoms with van der Waals surface area (Å²) in [6, 6.07) is 7.94. The third-order valence-electron chi connectivity index (χ3n) is 5.40. The number of benzene rings is 1. The number of morpholine rings is 1. The Balaban J connectivity index is 1.65. The molecule has 0 saturated carbocycles. The SMILES string of the molecule is COc1ccc(-c2c(C)nn3c(NCCN4CCOCC4)cc(C)nc23)cc1OC. The molecule has 8 nitrogen and oxygen atoms in total. The predicted octanol–water partition coefficient (Wildman–Crippen LogP) is 2.77. The van der Waals surface area contributed by atoms with E-state index in [-0.39, 0.29) is 0 Å². The highest BCUT2D eigenvalue weighted by atomic mass is 16.5. The molecule has 1 aliphatic rings. The van der Waals surface area contributed by atoms with E-state index in [1.165, 1.54) is 0 Å². The lowest BCUT2D eigenvalue weighted by Gasteiger charge is -2.26. The zero-order valence-electron chi connectivity index (χ0n) is 18.1. The summed E-state index contributed by atoms with van der Waals surface area (Å²) in [7, 11) is 3.28. The highest BCUT2D eigenvalue weighted by Crippen LogP contribution is 2.35. The topological polar surface area (TPSA) is 73.2 Å². The van der Waals surface area contributed by atoms with Gasteiger partial charge in [0.2, 0.25) is 0 Å². The van der Waals surface area contributed by atoms with Gasteiger partial charge in [0, 0.05) is 43.5 Å². The first-order valence-corrected chi connectivity index (χ1v) is 10.2. The lowest BCUT2D eigenvalue weighted by molar-refractivity contribution is 0.0398. The van der Waals surface area contributed by atoms with E-state index in [1.54, 1.807) is 14.2 Å². The van der Waals surface area contributed by atoms with Gasteiger partial charge in [0.25, 0.3) is 0 Å². The lowest BCUT2D eigenvalue weighted by atomic mass is 10.1. The zero-order chi connectivity index (χ0) is 21.1. The van der Waals surface area contributed by atoms with Gasteiger partial charge in [-0.2, -0.15) is 9.61 Å². The number of aryl methyl sites for hydroxylation is 2. The molecule has 3 aromatic rings. The van der Waals surface area contributed by atoms with Crippen LogP contribution in [0.2, 0.25) is 0 Å². The summed E-state index contributed by atoms with van der Waals surface area (Å²) in [6.45, 7) is 9.41. The summed E-state index contributed by atoms with van der Waals surface area (Å²) in [5.41, 5.74) is 4.68. The number of nitrogens with zero attached hydrogens (tertiary/aromatic N) is 4. The number of hydrogen-bond donors (Lipinski definition) is 1. The fourth-order valence-corrected chi connectivity index (χ4v) is 3.87. The second-order valence-corrected chi connectivity index (χ2v) is 7.43. The van der Waals surface area contributed by atoms with Gasteiger partial charge >= 0.3 is 0 Å². The average Bonchev–Trinajstić information content (AvgIpc) is 3.09. The summed E-state index contributed by atoms with van der Waals surface area (Å²) in [5, 5.41) is 8.32. The molecule has 30 heavy (non-hydrogen) atoms. The molecule has 0 aliphatic carbocycles. The molecular formula is C22H29N5O3. The Kier molecular flexibility index (Phi) is 6.06. The number of rotatable bonds is 7. The van der Waals surface area contributed by atoms with Gasteiger partial charge in [-0.3, -0.25) is 4.90 Å². The van der Waals surface area contributed by atoms with E-state index >= 15 is 0 Å². The maximum absolute atomic E-state index is 5.49. The van der Waals surface area contributed by atoms with Crippen molar-refractivity contribution in [1.29, 1.82) is 0 Å². The van der Waals surface area contributed by atoms with E-state index < -0.39 is 0 Å². The molecule has 0 radical (unpaired) electrons. The van der Waals surface area contributed by atoms with Gasteiger partial charge in [-0.25, -0.2) is 4.98 Å². The summed E-state index contributed by atoms with van der Waals surface area (Å²) < 4.78 is 18.2. The van der Waals surface area contributed by atoms with Gasteiger partial charge < -0.3 is 19.5 Å². The fraction of sp³-hybridized carbons (Fsp3) is 0.455. The molecule has 2 aromatic heterocycles. The Labute approximate surface area is 176 Å². The normalized spacial score (nSPS) is 14.8. The van der Waals surface area contributed by atoms with Crippen LogP contribution >= 0.6 is 0 Å². The highest BCUT2D eigenvalue weighted by molar-refractivity contribution is 5.82. The van der Waals surface area contributed by atoms with Gasteiger partial charge in [-0.1, -0.05) is 6.07 Å². The van der Waals surface area contributed by atoms with Crippen LogP contribution in [0.1, 0.15) is 11.4 Å². The van der Waals surface area contributed by atoms with Crippen molar-refractivity contribution in [2.45, 2.75) is 13.8 Å². The van der Waals surface area contributed by atoms with Crippen LogP contribution in [-0.2, 0) is 4.74 Å². The molecule has 3 heterocycles. The number of methoxy groups -OCH3 is 2. The zero-order valence-corrected chi connectivity index (χ0v) is 18.1. The maximum atomic E-state index is 5.49. The lowest BCUT2D eigenvalue weighted by Crippen LogP contribution is -2.39. The van der Waals surface area contributed by atoms with Crippen molar-refractivity contribution in [3.05, 3.63) is 35.7 Å². The standard InChI is InChI=1S/C22H29N5O3/c1-15-13-20(23-7-8-26-9-11-30-12-10-26)27-22(24-15)21(16(2)25-27)17-5-6-18(28-3)19(14-17)29-4/h5-6,13-14,23H,7-12H2,1-4H3. The molecule has 1 N–H and O–H groups in total. The fourth-order valence-electron chi connectivity index (χ4n) is 3.87. The molecule has 0 amide bonds. The Morgan fingerprint density at radius 2 is 1.83 bits per heavy atom. The van der Waals surface area contributed by atoms with Crippen molar-refractivity contribution in [1.82, 2.24) is 19.5 Å². The van der Waals surface area contributed by atoms with Crippen molar-refractivity contribution in [2.24, 2.45) is 0 Å². The van der Waals surface area contributed by atoms with Gasteiger partial charge in [0.1, 0.15) is 5.82 Å². The number of nitrogens with one attached hydrogen (secondary N) is 1. The third kappa shape index (κ3) is 4.06. The van der Waals surface area contributed by atoms with E-state index in [4.69, 9.17) is 24.3 Å². The molecule has 0 bridgehead atoms. The van der Waals surface area contributed by atoms with E-state index in [2.05, 4.69) is 10.2 Å². The van der Waals surface area contributed by atoms with Crippen LogP contribution in [0.3, 0.4) is 0 Å². The molecule has 1 aromatic carbocycles. The van der Waals surface area contributed by atoms with Crippen molar-refractivity contribution in [3.63, 3.8) is 0 Å². The van der Waals surface area contributed by atoms with Crippen LogP contribution in [0.15, 0.2) is 24.3 Å². The molecule has 1 fully saturated rings. The van der Waals surface area contributed by atoms with Gasteiger partial charge in [-0.05, 0) is 31.5 Å². The van der Waals surface area contributed by atoms with Crippen LogP contribution in [0.5, 0.6) is 11.5 Å². The number of ether oxygens (including phenoxy) is 3. The quantitative estimate of drug-likeness (QED) is 0.641. The minimum absolute atomic E-state index is 0.685. The third-order valence-corrected chi connectivity index (χ3v) is 5.40. The summed E-state index contributed by atoms with van der Waals surface area (Å²) in [5.74, 6) is 2.33. The molecule has 1 aliphatic heterocycles. The minimum atomic E-state index is 0.685. The second kappa shape index (κ2) is 8.89. The van der Waals surface area contributed by atoms with Crippen LogP contribution in [0.25, 0.3) is 16.8 Å². The molecule has 4 rings (SSSR count). The van der Waals surface area contributed by atoms with Crippen molar-refractivity contribution < 1.29 is 14.2 Å². The van der Waals surface area contributed by atoms with Crippen molar-refractivity contribution in [3.8, 4) is 22.6 Å². The van der Waals surface area contributed by atoms with Crippen LogP contribution in [0.4, 0.5) is 5.82 Å². The molecule has 0 atom stereocenters. The first-order chi connectivity index (χ1) is 14.6. The smallest absolute Gasteiger partial charge is 0.165 e. The Bertz CT molecular complexity index is 1030. The van der Waals surface area contributed by atoms with Gasteiger partial charge in [0.15, 0.2) is 17.1 Å². The highest BCUT2D eigenvalue weighted by Gasteiger charge is 2.18. The summed E-state index contributed by atoms with van der Waals surface area (Å²) >= 11 is 0. The number of anilines is 1. The summed E-state index contributed by atoms with van der Waals surface area (Å²) in [4.78, 5) is 7.20. The largest absolute Gasteiger partial charge is 0.493 e. The Morgan fingerprint density at radius 1 is 1.07 bits per heavy atom. The second-order valence-electron chi connectivity index (χ2n) is 7.43. The van der Waals surface area contributed by atoms with Crippen LogP contribution < -0.4 is 14.8 Å². The Morgan fingerprint density at radius 3 is 2.57 bits per heavy atom. The van der Waals surface area contributed by atoms with E-state index in [1.807, 2.05) is 42.6 Å². The maximum Gasteiger partial charge on any atom is 0.165 e. The van der Waals surface area contributed by atoms with E-state index in [0.717, 1.165) is 73.4 Å². The van der Waals surface area contributed by atoms with Gasteiger partial charge in [0.05, 0.1) is 33.1 Å². The molecule has 0 unspecified atom stereocenters. The van der Waals surface area contributed by atoms with Crippen molar-refractivity contribution >= 4 is 11.5 Å². The van der Waals surface area contributed by atoms with Crippen LogP contribution in [0, 0.1) is 13.8 Å². The first-order valence-electron chi connectivity index (χ1n) is 10.2. The van der Waals surface area contributed by atoms with E-state index in [0.29, 0.717) is 11.5 Å².